The fourth-order valence-corrected chi connectivity index (χ4v) is 7.12. The Morgan fingerprint density at radius 2 is 1.62 bits per heavy atom. The van der Waals surface area contributed by atoms with E-state index in [-0.39, 0.29) is 5.41 Å². The van der Waals surface area contributed by atoms with Crippen LogP contribution in [0.5, 0.6) is 0 Å². The van der Waals surface area contributed by atoms with Gasteiger partial charge in [-0.05, 0) is 71.1 Å². The lowest BCUT2D eigenvalue weighted by atomic mass is 9.74. The van der Waals surface area contributed by atoms with E-state index in [2.05, 4.69) is 126 Å². The lowest BCUT2D eigenvalue weighted by Gasteiger charge is -2.32. The first-order valence-electron chi connectivity index (χ1n) is 13.9. The normalized spacial score (nSPS) is 18.9. The van der Waals surface area contributed by atoms with Crippen LogP contribution in [0.2, 0.25) is 0 Å². The molecule has 190 valence electrons. The van der Waals surface area contributed by atoms with Crippen LogP contribution < -0.4 is 0 Å². The molecule has 0 amide bonds. The molecule has 5 aromatic rings. The number of aryl methyl sites for hydroxylation is 1. The highest BCUT2D eigenvalue weighted by molar-refractivity contribution is 5.91. The first kappa shape index (κ1) is 22.5. The van der Waals surface area contributed by atoms with E-state index < -0.39 is 0 Å². The van der Waals surface area contributed by atoms with Crippen LogP contribution in [0.25, 0.3) is 45.6 Å². The van der Waals surface area contributed by atoms with Crippen molar-refractivity contribution in [1.29, 1.82) is 0 Å². The predicted molar refractivity (Wildman–Crippen MR) is 159 cm³/mol. The summed E-state index contributed by atoms with van der Waals surface area (Å²) in [4.78, 5) is 0. The third-order valence-electron chi connectivity index (χ3n) is 9.07. The number of hydrogen-bond donors (Lipinski definition) is 0. The van der Waals surface area contributed by atoms with Crippen molar-refractivity contribution in [1.82, 2.24) is 19.3 Å². The molecule has 2 aromatic heterocycles. The van der Waals surface area contributed by atoms with Crippen molar-refractivity contribution < 1.29 is 0 Å². The molecule has 39 heavy (non-hydrogen) atoms. The van der Waals surface area contributed by atoms with Crippen molar-refractivity contribution >= 4 is 28.2 Å². The van der Waals surface area contributed by atoms with E-state index in [9.17, 15) is 0 Å². The highest BCUT2D eigenvalue weighted by atomic mass is 15.4. The van der Waals surface area contributed by atoms with E-state index >= 15 is 0 Å². The Balaban J connectivity index is 1.38. The van der Waals surface area contributed by atoms with Gasteiger partial charge in [0.05, 0.1) is 11.2 Å². The topological polar surface area (TPSA) is 35.6 Å². The molecule has 8 rings (SSSR count). The zero-order valence-corrected chi connectivity index (χ0v) is 22.3. The summed E-state index contributed by atoms with van der Waals surface area (Å²) in [7, 11) is 0. The first-order valence-corrected chi connectivity index (χ1v) is 13.9. The molecule has 3 aromatic carbocycles. The maximum atomic E-state index is 4.91. The second-order valence-corrected chi connectivity index (χ2v) is 11.5. The smallest absolute Gasteiger partial charge is 0.241 e. The van der Waals surface area contributed by atoms with Gasteiger partial charge in [0.1, 0.15) is 0 Å². The van der Waals surface area contributed by atoms with Crippen molar-refractivity contribution in [2.45, 2.75) is 38.5 Å². The molecular weight excluding hydrogens is 476 g/mol. The van der Waals surface area contributed by atoms with Gasteiger partial charge < -0.3 is 0 Å². The van der Waals surface area contributed by atoms with Crippen molar-refractivity contribution in [3.05, 3.63) is 119 Å². The summed E-state index contributed by atoms with van der Waals surface area (Å²) < 4.78 is 4.64. The molecule has 0 N–H and O–H groups in total. The number of aromatic nitrogens is 4. The Morgan fingerprint density at radius 1 is 0.821 bits per heavy atom. The van der Waals surface area contributed by atoms with Crippen molar-refractivity contribution in [2.24, 2.45) is 5.92 Å². The average molecular weight is 507 g/mol. The number of hydrogen-bond acceptors (Lipinski definition) is 2. The molecule has 3 aliphatic carbocycles. The molecule has 1 atom stereocenters. The number of fused-ring (bicyclic) bond motifs is 6. The van der Waals surface area contributed by atoms with Crippen LogP contribution in [0.4, 0.5) is 0 Å². The molecule has 0 saturated heterocycles. The minimum Gasteiger partial charge on any atom is -0.278 e. The van der Waals surface area contributed by atoms with Gasteiger partial charge in [0, 0.05) is 16.6 Å². The highest BCUT2D eigenvalue weighted by Crippen LogP contribution is 2.54. The average Bonchev–Trinajstić information content (AvgIpc) is 3.63. The largest absolute Gasteiger partial charge is 0.278 e. The van der Waals surface area contributed by atoms with Crippen LogP contribution >= 0.6 is 0 Å². The molecule has 0 fully saturated rings. The number of benzene rings is 3. The zero-order chi connectivity index (χ0) is 26.1. The minimum atomic E-state index is 0.0467. The van der Waals surface area contributed by atoms with Crippen LogP contribution in [0.3, 0.4) is 0 Å². The molecule has 4 nitrogen and oxygen atoms in total. The van der Waals surface area contributed by atoms with Gasteiger partial charge in [0.2, 0.25) is 5.95 Å². The van der Waals surface area contributed by atoms with Gasteiger partial charge in [-0.1, -0.05) is 98.8 Å². The predicted octanol–water partition coefficient (Wildman–Crippen LogP) is 8.08. The number of rotatable bonds is 3. The van der Waals surface area contributed by atoms with Gasteiger partial charge >= 0.3 is 0 Å². The zero-order valence-electron chi connectivity index (χ0n) is 22.3. The van der Waals surface area contributed by atoms with Gasteiger partial charge in [-0.2, -0.15) is 0 Å². The van der Waals surface area contributed by atoms with Gasteiger partial charge in [0.25, 0.3) is 0 Å². The second kappa shape index (κ2) is 8.28. The fraction of sp³-hybridized carbons (Fsp3) is 0.200. The number of allylic oxidation sites excluding steroid dienone is 5. The molecule has 2 heterocycles. The van der Waals surface area contributed by atoms with Crippen LogP contribution in [-0.2, 0) is 11.8 Å². The Hall–Kier alpha value is -4.44. The quantitative estimate of drug-likeness (QED) is 0.248. The first-order chi connectivity index (χ1) is 19.1. The van der Waals surface area contributed by atoms with Gasteiger partial charge in [-0.3, -0.25) is 9.13 Å². The van der Waals surface area contributed by atoms with Gasteiger partial charge in [-0.25, -0.2) is 0 Å². The van der Waals surface area contributed by atoms with E-state index in [0.29, 0.717) is 5.92 Å². The summed E-state index contributed by atoms with van der Waals surface area (Å²) in [5.74, 6) is 2.13. The second-order valence-electron chi connectivity index (χ2n) is 11.5. The lowest BCUT2D eigenvalue weighted by Crippen LogP contribution is -2.26. The molecule has 0 saturated carbocycles. The Kier molecular flexibility index (Phi) is 4.78. The monoisotopic (exact) mass is 506 g/mol. The van der Waals surface area contributed by atoms with E-state index in [1.54, 1.807) is 0 Å². The summed E-state index contributed by atoms with van der Waals surface area (Å²) >= 11 is 0. The van der Waals surface area contributed by atoms with Crippen molar-refractivity contribution in [2.75, 3.05) is 0 Å². The third kappa shape index (κ3) is 3.18. The Labute approximate surface area is 228 Å². The van der Waals surface area contributed by atoms with Crippen molar-refractivity contribution in [3.63, 3.8) is 0 Å². The molecule has 0 aliphatic heterocycles. The summed E-state index contributed by atoms with van der Waals surface area (Å²) in [6, 6.07) is 28.1. The molecule has 0 spiro atoms. The maximum Gasteiger partial charge on any atom is 0.241 e. The van der Waals surface area contributed by atoms with Gasteiger partial charge in [0.15, 0.2) is 5.82 Å². The number of para-hydroxylation sites is 1. The van der Waals surface area contributed by atoms with Crippen LogP contribution in [0.15, 0.2) is 97.1 Å². The maximum absolute atomic E-state index is 4.91. The van der Waals surface area contributed by atoms with E-state index in [1.165, 1.54) is 44.6 Å². The SMILES string of the molecule is CC1(C)c2ccccc2C2=CC=C(n3c(-c4ccccc4)nnc3-n3c4c(c5ccccc53)CCC=C4)CC21. The fourth-order valence-electron chi connectivity index (χ4n) is 7.12. The molecular formula is C35H30N4. The summed E-state index contributed by atoms with van der Waals surface area (Å²) in [6.07, 6.45) is 12.2. The van der Waals surface area contributed by atoms with E-state index in [0.717, 1.165) is 36.6 Å². The van der Waals surface area contributed by atoms with E-state index in [4.69, 9.17) is 10.2 Å². The Morgan fingerprint density at radius 3 is 2.51 bits per heavy atom. The third-order valence-corrected chi connectivity index (χ3v) is 9.07. The molecule has 0 bridgehead atoms. The van der Waals surface area contributed by atoms with Crippen molar-refractivity contribution in [3.8, 4) is 17.3 Å². The lowest BCUT2D eigenvalue weighted by molar-refractivity contribution is 0.415. The van der Waals surface area contributed by atoms with Gasteiger partial charge in [-0.15, -0.1) is 10.2 Å². The molecule has 4 heteroatoms. The van der Waals surface area contributed by atoms with Crippen LogP contribution in [0, 0.1) is 5.92 Å². The minimum absolute atomic E-state index is 0.0467. The highest BCUT2D eigenvalue weighted by Gasteiger charge is 2.44. The summed E-state index contributed by atoms with van der Waals surface area (Å²) in [6.45, 7) is 4.79. The molecule has 3 aliphatic rings. The summed E-state index contributed by atoms with van der Waals surface area (Å²) in [5.41, 5.74) is 10.4. The summed E-state index contributed by atoms with van der Waals surface area (Å²) in [5, 5.41) is 11.1. The molecule has 0 radical (unpaired) electrons. The molecule has 1 unspecified atom stereocenters. The van der Waals surface area contributed by atoms with Crippen LogP contribution in [0.1, 0.15) is 49.1 Å². The number of nitrogens with zero attached hydrogens (tertiary/aromatic N) is 4. The van der Waals surface area contributed by atoms with E-state index in [1.807, 2.05) is 0 Å². The Bertz CT molecular complexity index is 1860. The standard InChI is InChI=1S/C35H30N4/c1-35(2)29-17-9-6-14-25(29)26-21-20-24(22-30(26)35)38-33(23-12-4-3-5-13-23)36-37-34(38)39-31-18-10-7-15-27(31)28-16-8-11-19-32(28)39/h3-7,9-15,17-21,30H,8,16,22H2,1-2H3. The van der Waals surface area contributed by atoms with Crippen LogP contribution in [-0.4, -0.2) is 19.3 Å².